The fourth-order valence-corrected chi connectivity index (χ4v) is 4.16. The minimum absolute atomic E-state index is 0.0165. The molecule has 3 heterocycles. The number of halogens is 1. The molecule has 1 aliphatic rings. The van der Waals surface area contributed by atoms with Gasteiger partial charge in [-0.15, -0.1) is 0 Å². The highest BCUT2D eigenvalue weighted by molar-refractivity contribution is 5.76. The third-order valence-electron chi connectivity index (χ3n) is 6.18. The molecule has 0 atom stereocenters. The van der Waals surface area contributed by atoms with Crippen LogP contribution in [0, 0.1) is 12.7 Å². The van der Waals surface area contributed by atoms with Gasteiger partial charge in [-0.2, -0.15) is 5.10 Å². The lowest BCUT2D eigenvalue weighted by molar-refractivity contribution is -0.132. The number of aryl methyl sites for hydroxylation is 2. The standard InChI is InChI=1S/C25H31FN6O3/c1-18-13-19(6-7-21(18)26)22-14-20(5-4-12-34-2)32(29-22)16-25(33)31-10-8-30(9-11-31)23-15-24(35-3)28-17-27-23/h6-7,13-15,17H,4-5,8-12,16H2,1-3H3. The van der Waals surface area contributed by atoms with Crippen molar-refractivity contribution >= 4 is 11.7 Å². The van der Waals surface area contributed by atoms with Crippen molar-refractivity contribution in [3.05, 3.63) is 53.7 Å². The van der Waals surface area contributed by atoms with E-state index in [4.69, 9.17) is 14.6 Å². The topological polar surface area (TPSA) is 85.6 Å². The average molecular weight is 483 g/mol. The number of hydrogen-bond donors (Lipinski definition) is 0. The van der Waals surface area contributed by atoms with Crippen molar-refractivity contribution in [3.8, 4) is 17.1 Å². The summed E-state index contributed by atoms with van der Waals surface area (Å²) in [7, 11) is 3.24. The predicted molar refractivity (Wildman–Crippen MR) is 130 cm³/mol. The fourth-order valence-electron chi connectivity index (χ4n) is 4.16. The molecule has 1 fully saturated rings. The fraction of sp³-hybridized carbons (Fsp3) is 0.440. The maximum absolute atomic E-state index is 13.7. The lowest BCUT2D eigenvalue weighted by atomic mass is 10.1. The van der Waals surface area contributed by atoms with Crippen LogP contribution < -0.4 is 9.64 Å². The van der Waals surface area contributed by atoms with E-state index >= 15 is 0 Å². The van der Waals surface area contributed by atoms with Crippen molar-refractivity contribution in [2.24, 2.45) is 0 Å². The molecule has 2 aromatic heterocycles. The first-order chi connectivity index (χ1) is 17.0. The van der Waals surface area contributed by atoms with Crippen molar-refractivity contribution in [3.63, 3.8) is 0 Å². The molecule has 1 saturated heterocycles. The number of rotatable bonds is 9. The molecule has 1 amide bonds. The number of methoxy groups -OCH3 is 2. The molecule has 0 radical (unpaired) electrons. The predicted octanol–water partition coefficient (Wildman–Crippen LogP) is 2.72. The molecule has 35 heavy (non-hydrogen) atoms. The van der Waals surface area contributed by atoms with Gasteiger partial charge < -0.3 is 19.3 Å². The molecule has 0 bridgehead atoms. The van der Waals surface area contributed by atoms with Gasteiger partial charge in [0.25, 0.3) is 0 Å². The molecule has 1 aromatic carbocycles. The third kappa shape index (κ3) is 5.94. The number of amides is 1. The van der Waals surface area contributed by atoms with E-state index in [9.17, 15) is 9.18 Å². The summed E-state index contributed by atoms with van der Waals surface area (Å²) in [5, 5.41) is 4.71. The lowest BCUT2D eigenvalue weighted by Crippen LogP contribution is -2.50. The maximum atomic E-state index is 13.7. The monoisotopic (exact) mass is 482 g/mol. The normalized spacial score (nSPS) is 13.8. The molecule has 0 spiro atoms. The molecule has 4 rings (SSSR count). The highest BCUT2D eigenvalue weighted by Gasteiger charge is 2.23. The Bertz CT molecular complexity index is 1160. The van der Waals surface area contributed by atoms with E-state index in [1.165, 1.54) is 12.4 Å². The quantitative estimate of drug-likeness (QED) is 0.434. The Labute approximate surface area is 204 Å². The number of carbonyl (C=O) groups excluding carboxylic acids is 1. The van der Waals surface area contributed by atoms with Crippen LogP contribution in [0.25, 0.3) is 11.3 Å². The smallest absolute Gasteiger partial charge is 0.244 e. The molecule has 1 aliphatic heterocycles. The van der Waals surface area contributed by atoms with Crippen LogP contribution in [0.15, 0.2) is 36.7 Å². The summed E-state index contributed by atoms with van der Waals surface area (Å²) in [4.78, 5) is 25.5. The summed E-state index contributed by atoms with van der Waals surface area (Å²) in [6, 6.07) is 8.73. The number of aromatic nitrogens is 4. The number of nitrogens with zero attached hydrogens (tertiary/aromatic N) is 6. The van der Waals surface area contributed by atoms with E-state index in [0.717, 1.165) is 35.6 Å². The number of carbonyl (C=O) groups is 1. The van der Waals surface area contributed by atoms with Crippen LogP contribution in [0.4, 0.5) is 10.2 Å². The second kappa shape index (κ2) is 11.3. The van der Waals surface area contributed by atoms with Gasteiger partial charge in [-0.3, -0.25) is 9.48 Å². The summed E-state index contributed by atoms with van der Waals surface area (Å²) in [6.45, 7) is 5.04. The van der Waals surface area contributed by atoms with Crippen molar-refractivity contribution in [1.82, 2.24) is 24.6 Å². The van der Waals surface area contributed by atoms with Crippen LogP contribution in [0.1, 0.15) is 17.7 Å². The second-order valence-electron chi connectivity index (χ2n) is 8.53. The van der Waals surface area contributed by atoms with Crippen molar-refractivity contribution in [2.45, 2.75) is 26.3 Å². The van der Waals surface area contributed by atoms with Gasteiger partial charge in [0.05, 0.1) is 12.8 Å². The number of hydrogen-bond acceptors (Lipinski definition) is 7. The Balaban J connectivity index is 1.44. The minimum Gasteiger partial charge on any atom is -0.481 e. The zero-order valence-electron chi connectivity index (χ0n) is 20.4. The molecular weight excluding hydrogens is 451 g/mol. The molecule has 3 aromatic rings. The van der Waals surface area contributed by atoms with Crippen LogP contribution in [0.5, 0.6) is 5.88 Å². The summed E-state index contributed by atoms with van der Waals surface area (Å²) in [5.41, 5.74) is 3.08. The Kier molecular flexibility index (Phi) is 7.91. The van der Waals surface area contributed by atoms with E-state index in [-0.39, 0.29) is 18.3 Å². The number of anilines is 1. The van der Waals surface area contributed by atoms with E-state index in [2.05, 4.69) is 14.9 Å². The third-order valence-corrected chi connectivity index (χ3v) is 6.18. The first-order valence-electron chi connectivity index (χ1n) is 11.7. The van der Waals surface area contributed by atoms with Gasteiger partial charge in [-0.1, -0.05) is 0 Å². The summed E-state index contributed by atoms with van der Waals surface area (Å²) in [6.07, 6.45) is 3.03. The Morgan fingerprint density at radius 1 is 1.09 bits per heavy atom. The van der Waals surface area contributed by atoms with Crippen LogP contribution >= 0.6 is 0 Å². The Morgan fingerprint density at radius 2 is 1.89 bits per heavy atom. The molecular formula is C25H31FN6O3. The zero-order chi connectivity index (χ0) is 24.8. The molecule has 0 aliphatic carbocycles. The zero-order valence-corrected chi connectivity index (χ0v) is 20.4. The summed E-state index contributed by atoms with van der Waals surface area (Å²) < 4.78 is 25.9. The molecule has 0 unspecified atom stereocenters. The molecule has 10 heteroatoms. The highest BCUT2D eigenvalue weighted by Crippen LogP contribution is 2.23. The highest BCUT2D eigenvalue weighted by atomic mass is 19.1. The number of piperazine rings is 1. The van der Waals surface area contributed by atoms with Crippen LogP contribution in [-0.2, 0) is 22.5 Å². The maximum Gasteiger partial charge on any atom is 0.244 e. The van der Waals surface area contributed by atoms with Gasteiger partial charge in [0.15, 0.2) is 0 Å². The largest absolute Gasteiger partial charge is 0.481 e. The number of ether oxygens (including phenoxy) is 2. The van der Waals surface area contributed by atoms with Gasteiger partial charge in [-0.25, -0.2) is 14.4 Å². The van der Waals surface area contributed by atoms with Gasteiger partial charge >= 0.3 is 0 Å². The van der Waals surface area contributed by atoms with Crippen molar-refractivity contribution in [1.29, 1.82) is 0 Å². The number of benzene rings is 1. The first kappa shape index (κ1) is 24.6. The van der Waals surface area contributed by atoms with Crippen LogP contribution in [-0.4, -0.2) is 77.6 Å². The molecule has 0 N–H and O–H groups in total. The van der Waals surface area contributed by atoms with Crippen LogP contribution in [0.2, 0.25) is 0 Å². The van der Waals surface area contributed by atoms with E-state index in [1.54, 1.807) is 44.0 Å². The van der Waals surface area contributed by atoms with Crippen molar-refractivity contribution in [2.75, 3.05) is 51.9 Å². The van der Waals surface area contributed by atoms with E-state index in [1.807, 2.05) is 11.0 Å². The molecule has 186 valence electrons. The lowest BCUT2D eigenvalue weighted by Gasteiger charge is -2.35. The van der Waals surface area contributed by atoms with E-state index < -0.39 is 0 Å². The minimum atomic E-state index is -0.247. The first-order valence-corrected chi connectivity index (χ1v) is 11.7. The van der Waals surface area contributed by atoms with E-state index in [0.29, 0.717) is 44.2 Å². The second-order valence-corrected chi connectivity index (χ2v) is 8.53. The van der Waals surface area contributed by atoms with Gasteiger partial charge in [0.1, 0.15) is 24.5 Å². The Morgan fingerprint density at radius 3 is 2.60 bits per heavy atom. The van der Waals surface area contributed by atoms with Gasteiger partial charge in [0, 0.05) is 57.2 Å². The van der Waals surface area contributed by atoms with Gasteiger partial charge in [0.2, 0.25) is 11.8 Å². The van der Waals surface area contributed by atoms with Crippen LogP contribution in [0.3, 0.4) is 0 Å². The average Bonchev–Trinajstić information content (AvgIpc) is 3.28. The molecule has 0 saturated carbocycles. The SMILES string of the molecule is COCCCc1cc(-c2ccc(F)c(C)c2)nn1CC(=O)N1CCN(c2cc(OC)ncn2)CC1. The van der Waals surface area contributed by atoms with Gasteiger partial charge in [-0.05, 0) is 49.6 Å². The van der Waals surface area contributed by atoms with Crippen molar-refractivity contribution < 1.29 is 18.7 Å². The Hall–Kier alpha value is -3.53. The summed E-state index contributed by atoms with van der Waals surface area (Å²) in [5.74, 6) is 1.07. The summed E-state index contributed by atoms with van der Waals surface area (Å²) >= 11 is 0. The molecule has 9 nitrogen and oxygen atoms in total.